The minimum absolute atomic E-state index is 0.203. The van der Waals surface area contributed by atoms with E-state index in [1.54, 1.807) is 68.8 Å². The van der Waals surface area contributed by atoms with Crippen molar-refractivity contribution in [1.82, 2.24) is 16.2 Å². The lowest BCUT2D eigenvalue weighted by molar-refractivity contribution is -0.129. The van der Waals surface area contributed by atoms with E-state index in [4.69, 9.17) is 9.47 Å². The van der Waals surface area contributed by atoms with E-state index in [-0.39, 0.29) is 18.9 Å². The van der Waals surface area contributed by atoms with Gasteiger partial charge in [0.1, 0.15) is 17.9 Å². The van der Waals surface area contributed by atoms with Gasteiger partial charge in [-0.25, -0.2) is 10.9 Å². The van der Waals surface area contributed by atoms with E-state index in [0.29, 0.717) is 17.1 Å². The van der Waals surface area contributed by atoms with Crippen LogP contribution in [0, 0.1) is 0 Å². The molecule has 37 heavy (non-hydrogen) atoms. The van der Waals surface area contributed by atoms with Crippen molar-refractivity contribution >= 4 is 30.2 Å². The molecule has 0 radical (unpaired) electrons. The molecule has 190 valence electrons. The normalized spacial score (nSPS) is 10.8. The molecule has 0 heterocycles. The summed E-state index contributed by atoms with van der Waals surface area (Å²) in [5.74, 6) is -0.0142. The van der Waals surface area contributed by atoms with Crippen LogP contribution in [0.4, 0.5) is 0 Å². The van der Waals surface area contributed by atoms with E-state index in [9.17, 15) is 14.4 Å². The van der Waals surface area contributed by atoms with Crippen molar-refractivity contribution in [2.24, 2.45) is 10.2 Å². The van der Waals surface area contributed by atoms with Crippen molar-refractivity contribution in [3.8, 4) is 11.5 Å². The zero-order valence-electron chi connectivity index (χ0n) is 20.4. The van der Waals surface area contributed by atoms with Crippen LogP contribution in [-0.4, -0.2) is 44.4 Å². The van der Waals surface area contributed by atoms with Crippen molar-refractivity contribution in [3.05, 3.63) is 95.1 Å². The van der Waals surface area contributed by atoms with E-state index in [2.05, 4.69) is 26.4 Å². The van der Waals surface area contributed by atoms with Crippen LogP contribution in [0.5, 0.6) is 11.5 Å². The largest absolute Gasteiger partial charge is 0.497 e. The average molecular weight is 502 g/mol. The van der Waals surface area contributed by atoms with Crippen molar-refractivity contribution in [2.75, 3.05) is 14.2 Å². The third-order valence-corrected chi connectivity index (χ3v) is 5.00. The van der Waals surface area contributed by atoms with Gasteiger partial charge < -0.3 is 14.8 Å². The summed E-state index contributed by atoms with van der Waals surface area (Å²) in [5.41, 5.74) is 7.48. The molecule has 3 amide bonds. The summed E-state index contributed by atoms with van der Waals surface area (Å²) < 4.78 is 10.3. The van der Waals surface area contributed by atoms with Crippen molar-refractivity contribution < 1.29 is 23.9 Å². The highest BCUT2D eigenvalue weighted by Crippen LogP contribution is 2.11. The zero-order valence-corrected chi connectivity index (χ0v) is 20.4. The van der Waals surface area contributed by atoms with Gasteiger partial charge in [0, 0.05) is 12.1 Å². The Hall–Kier alpha value is -4.99. The molecule has 10 heteroatoms. The second-order valence-electron chi connectivity index (χ2n) is 7.70. The quantitative estimate of drug-likeness (QED) is 0.211. The Balaban J connectivity index is 1.40. The lowest BCUT2D eigenvalue weighted by atomic mass is 10.1. The lowest BCUT2D eigenvalue weighted by Gasteiger charge is -2.06. The van der Waals surface area contributed by atoms with Gasteiger partial charge in [-0.15, -0.1) is 0 Å². The average Bonchev–Trinajstić information content (AvgIpc) is 2.92. The fourth-order valence-electron chi connectivity index (χ4n) is 3.07. The number of amides is 3. The van der Waals surface area contributed by atoms with E-state index < -0.39 is 11.8 Å². The summed E-state index contributed by atoms with van der Waals surface area (Å²) in [5, 5.41) is 10.5. The van der Waals surface area contributed by atoms with Gasteiger partial charge in [-0.1, -0.05) is 36.4 Å². The first-order chi connectivity index (χ1) is 18.0. The number of rotatable bonds is 11. The maximum absolute atomic E-state index is 12.3. The van der Waals surface area contributed by atoms with Crippen molar-refractivity contribution in [1.29, 1.82) is 0 Å². The number of nitrogens with one attached hydrogen (secondary N) is 3. The first kappa shape index (κ1) is 26.6. The van der Waals surface area contributed by atoms with Crippen LogP contribution >= 0.6 is 0 Å². The van der Waals surface area contributed by atoms with Gasteiger partial charge in [0.05, 0.1) is 26.6 Å². The Labute approximate surface area is 214 Å². The molecule has 0 fully saturated rings. The number of methoxy groups -OCH3 is 2. The number of nitrogens with zero attached hydrogens (tertiary/aromatic N) is 2. The Morgan fingerprint density at radius 2 is 1.32 bits per heavy atom. The molecule has 0 aliphatic heterocycles. The van der Waals surface area contributed by atoms with Crippen LogP contribution in [0.3, 0.4) is 0 Å². The molecular weight excluding hydrogens is 474 g/mol. The van der Waals surface area contributed by atoms with Gasteiger partial charge in [-0.2, -0.15) is 10.2 Å². The van der Waals surface area contributed by atoms with Crippen LogP contribution in [-0.2, 0) is 16.1 Å². The highest BCUT2D eigenvalue weighted by Gasteiger charge is 2.09. The number of carbonyl (C=O) groups excluding carboxylic acids is 3. The zero-order chi connectivity index (χ0) is 26.5. The third kappa shape index (κ3) is 8.95. The number of hydrogen-bond donors (Lipinski definition) is 3. The van der Waals surface area contributed by atoms with Gasteiger partial charge >= 0.3 is 0 Å². The Kier molecular flexibility index (Phi) is 9.91. The molecular formula is C27H27N5O5. The molecule has 10 nitrogen and oxygen atoms in total. The predicted octanol–water partition coefficient (Wildman–Crippen LogP) is 2.62. The minimum Gasteiger partial charge on any atom is -0.497 e. The molecule has 0 unspecified atom stereocenters. The number of hydrogen-bond acceptors (Lipinski definition) is 7. The molecule has 0 saturated heterocycles. The highest BCUT2D eigenvalue weighted by atomic mass is 16.5. The second-order valence-corrected chi connectivity index (χ2v) is 7.70. The maximum atomic E-state index is 12.3. The molecule has 0 aliphatic carbocycles. The molecule has 3 aromatic rings. The molecule has 3 rings (SSSR count). The van der Waals surface area contributed by atoms with E-state index in [1.165, 1.54) is 12.4 Å². The number of hydrazone groups is 2. The standard InChI is InChI=1S/C27H27N5O5/c1-36-23-7-3-5-20(13-23)17-29-31-26(34)15-25(33)28-16-19-9-11-22(12-10-19)27(35)32-30-18-21-6-4-8-24(14-21)37-2/h3-14,17-18H,15-16H2,1-2H3,(H,28,33)(H,31,34)(H,32,35)/b29-17+,30-18+. The molecule has 0 saturated carbocycles. The number of carbonyl (C=O) groups is 3. The van der Waals surface area contributed by atoms with Gasteiger partial charge in [0.2, 0.25) is 11.8 Å². The molecule has 3 N–H and O–H groups in total. The molecule has 0 atom stereocenters. The van der Waals surface area contributed by atoms with Crippen molar-refractivity contribution in [2.45, 2.75) is 13.0 Å². The molecule has 3 aromatic carbocycles. The van der Waals surface area contributed by atoms with Crippen molar-refractivity contribution in [3.63, 3.8) is 0 Å². The summed E-state index contributed by atoms with van der Waals surface area (Å²) in [6.07, 6.45) is 2.60. The van der Waals surface area contributed by atoms with Crippen LogP contribution in [0.1, 0.15) is 33.5 Å². The van der Waals surface area contributed by atoms with Gasteiger partial charge in [-0.3, -0.25) is 14.4 Å². The number of benzene rings is 3. The third-order valence-electron chi connectivity index (χ3n) is 5.00. The topological polar surface area (TPSA) is 130 Å². The Morgan fingerprint density at radius 3 is 1.89 bits per heavy atom. The Morgan fingerprint density at radius 1 is 0.757 bits per heavy atom. The monoisotopic (exact) mass is 501 g/mol. The molecule has 0 spiro atoms. The van der Waals surface area contributed by atoms with Crippen LogP contribution in [0.25, 0.3) is 0 Å². The van der Waals surface area contributed by atoms with Gasteiger partial charge in [-0.05, 0) is 53.1 Å². The van der Waals surface area contributed by atoms with Crippen LogP contribution < -0.4 is 25.6 Å². The van der Waals surface area contributed by atoms with Gasteiger partial charge in [0.15, 0.2) is 0 Å². The summed E-state index contributed by atoms with van der Waals surface area (Å²) in [6, 6.07) is 21.1. The van der Waals surface area contributed by atoms with E-state index in [0.717, 1.165) is 16.7 Å². The minimum atomic E-state index is -0.543. The lowest BCUT2D eigenvalue weighted by Crippen LogP contribution is -2.29. The molecule has 0 aliphatic rings. The van der Waals surface area contributed by atoms with Crippen LogP contribution in [0.15, 0.2) is 83.0 Å². The number of ether oxygens (including phenoxy) is 2. The second kappa shape index (κ2) is 13.8. The van der Waals surface area contributed by atoms with Gasteiger partial charge in [0.25, 0.3) is 5.91 Å². The summed E-state index contributed by atoms with van der Waals surface area (Å²) in [7, 11) is 3.13. The maximum Gasteiger partial charge on any atom is 0.271 e. The predicted molar refractivity (Wildman–Crippen MR) is 140 cm³/mol. The smallest absolute Gasteiger partial charge is 0.271 e. The fraction of sp³-hybridized carbons (Fsp3) is 0.148. The van der Waals surface area contributed by atoms with E-state index >= 15 is 0 Å². The fourth-order valence-corrected chi connectivity index (χ4v) is 3.07. The Bertz CT molecular complexity index is 1290. The first-order valence-electron chi connectivity index (χ1n) is 11.3. The van der Waals surface area contributed by atoms with E-state index in [1.807, 2.05) is 18.2 Å². The SMILES string of the molecule is COc1cccc(/C=N/NC(=O)CC(=O)NCc2ccc(C(=O)N/N=C/c3cccc(OC)c3)cc2)c1. The highest BCUT2D eigenvalue weighted by molar-refractivity contribution is 5.97. The van der Waals surface area contributed by atoms with Crippen LogP contribution in [0.2, 0.25) is 0 Å². The first-order valence-corrected chi connectivity index (χ1v) is 11.3. The summed E-state index contributed by atoms with van der Waals surface area (Å²) in [4.78, 5) is 36.3. The molecule has 0 bridgehead atoms. The molecule has 0 aromatic heterocycles. The summed E-state index contributed by atoms with van der Waals surface area (Å²) in [6.45, 7) is 0.203. The summed E-state index contributed by atoms with van der Waals surface area (Å²) >= 11 is 0.